The molecule has 3 N–H and O–H groups in total. The summed E-state index contributed by atoms with van der Waals surface area (Å²) in [7, 11) is 1.91. The van der Waals surface area contributed by atoms with Crippen LogP contribution in [0.5, 0.6) is 0 Å². The Morgan fingerprint density at radius 1 is 1.22 bits per heavy atom. The van der Waals surface area contributed by atoms with Gasteiger partial charge in [-0.25, -0.2) is 4.79 Å². The van der Waals surface area contributed by atoms with E-state index in [1.165, 1.54) is 5.56 Å². The zero-order chi connectivity index (χ0) is 23.3. The summed E-state index contributed by atoms with van der Waals surface area (Å²) in [6, 6.07) is 16.4. The number of fused-ring (bicyclic) bond motifs is 1. The second kappa shape index (κ2) is 9.82. The average molecular weight is 448 g/mol. The maximum Gasteiger partial charge on any atom is 0.490 e. The fourth-order valence-electron chi connectivity index (χ4n) is 3.52. The van der Waals surface area contributed by atoms with Crippen molar-refractivity contribution >= 4 is 22.8 Å². The number of hydrogen-bond acceptors (Lipinski definition) is 4. The summed E-state index contributed by atoms with van der Waals surface area (Å²) in [5.74, 6) is -2.28. The van der Waals surface area contributed by atoms with Crippen LogP contribution in [0.2, 0.25) is 0 Å². The van der Waals surface area contributed by atoms with E-state index in [0.717, 1.165) is 29.4 Å². The number of aryl methyl sites for hydroxylation is 1. The van der Waals surface area contributed by atoms with Gasteiger partial charge in [-0.3, -0.25) is 9.48 Å². The molecule has 1 aliphatic rings. The molecule has 2 heterocycles. The fourth-order valence-corrected chi connectivity index (χ4v) is 3.52. The molecule has 1 fully saturated rings. The number of amides is 1. The molecule has 0 aliphatic carbocycles. The first kappa shape index (κ1) is 23.3. The smallest absolute Gasteiger partial charge is 0.475 e. The van der Waals surface area contributed by atoms with Crippen molar-refractivity contribution in [1.29, 1.82) is 0 Å². The van der Waals surface area contributed by atoms with Crippen LogP contribution in [0, 0.1) is 0 Å². The lowest BCUT2D eigenvalue weighted by molar-refractivity contribution is -0.192. The number of rotatable bonds is 4. The molecule has 1 aromatic heterocycles. The lowest BCUT2D eigenvalue weighted by Gasteiger charge is -2.12. The van der Waals surface area contributed by atoms with Gasteiger partial charge in [-0.1, -0.05) is 42.5 Å². The van der Waals surface area contributed by atoms with Gasteiger partial charge in [0.1, 0.15) is 0 Å². The van der Waals surface area contributed by atoms with E-state index in [9.17, 15) is 18.0 Å². The van der Waals surface area contributed by atoms with Crippen LogP contribution in [0.1, 0.15) is 23.5 Å². The predicted octanol–water partition coefficient (Wildman–Crippen LogP) is 2.97. The third kappa shape index (κ3) is 6.07. The highest BCUT2D eigenvalue weighted by Crippen LogP contribution is 2.25. The molecule has 0 bridgehead atoms. The Balaban J connectivity index is 0.000000360. The first-order chi connectivity index (χ1) is 15.1. The Bertz CT molecular complexity index is 1080. The van der Waals surface area contributed by atoms with Gasteiger partial charge in [-0.05, 0) is 29.5 Å². The summed E-state index contributed by atoms with van der Waals surface area (Å²) in [4.78, 5) is 21.4. The minimum atomic E-state index is -5.08. The molecule has 4 rings (SSSR count). The van der Waals surface area contributed by atoms with Crippen molar-refractivity contribution < 1.29 is 27.9 Å². The van der Waals surface area contributed by atoms with Crippen LogP contribution in [-0.4, -0.2) is 45.5 Å². The molecule has 0 spiro atoms. The number of carbonyl (C=O) groups excluding carboxylic acids is 1. The number of carbonyl (C=O) groups is 2. The third-order valence-electron chi connectivity index (χ3n) is 5.11. The van der Waals surface area contributed by atoms with Crippen molar-refractivity contribution in [3.05, 3.63) is 65.9 Å². The number of aliphatic carboxylic acids is 1. The van der Waals surface area contributed by atoms with Gasteiger partial charge in [0, 0.05) is 31.7 Å². The largest absolute Gasteiger partial charge is 0.490 e. The number of hydrogen-bond donors (Lipinski definition) is 3. The molecule has 10 heteroatoms. The van der Waals surface area contributed by atoms with Crippen molar-refractivity contribution in [1.82, 2.24) is 20.4 Å². The quantitative estimate of drug-likeness (QED) is 0.570. The molecule has 170 valence electrons. The SMILES string of the molecule is Cn1cc2ccc(CNC(=O)[C@@H]3C[C@@H](c4ccccc4)CN3)cc2n1.O=C(O)C(F)(F)F. The van der Waals surface area contributed by atoms with E-state index in [2.05, 4.69) is 40.0 Å². The lowest BCUT2D eigenvalue weighted by Crippen LogP contribution is -2.39. The van der Waals surface area contributed by atoms with Crippen molar-refractivity contribution in [2.24, 2.45) is 7.05 Å². The van der Waals surface area contributed by atoms with Gasteiger partial charge in [0.05, 0.1) is 11.6 Å². The molecular weight excluding hydrogens is 425 g/mol. The molecule has 1 aliphatic heterocycles. The molecular formula is C22H23F3N4O3. The van der Waals surface area contributed by atoms with E-state index < -0.39 is 12.1 Å². The van der Waals surface area contributed by atoms with Crippen molar-refractivity contribution in [3.63, 3.8) is 0 Å². The first-order valence-corrected chi connectivity index (χ1v) is 9.92. The summed E-state index contributed by atoms with van der Waals surface area (Å²) < 4.78 is 33.5. The van der Waals surface area contributed by atoms with Gasteiger partial charge < -0.3 is 15.7 Å². The third-order valence-corrected chi connectivity index (χ3v) is 5.11. The van der Waals surface area contributed by atoms with Crippen LogP contribution in [0.3, 0.4) is 0 Å². The second-order valence-electron chi connectivity index (χ2n) is 7.52. The minimum Gasteiger partial charge on any atom is -0.475 e. The number of carboxylic acids is 1. The molecule has 1 amide bonds. The van der Waals surface area contributed by atoms with Crippen molar-refractivity contribution in [3.8, 4) is 0 Å². The zero-order valence-corrected chi connectivity index (χ0v) is 17.3. The number of aromatic nitrogens is 2. The normalized spacial score (nSPS) is 18.1. The molecule has 0 unspecified atom stereocenters. The summed E-state index contributed by atoms with van der Waals surface area (Å²) in [6.45, 7) is 1.38. The van der Waals surface area contributed by atoms with Gasteiger partial charge in [0.15, 0.2) is 0 Å². The number of nitrogens with zero attached hydrogens (tertiary/aromatic N) is 2. The standard InChI is InChI=1S/C20H22N4O.C2HF3O2/c1-24-13-16-8-7-14(9-18(16)23-24)11-22-20(25)19-10-17(12-21-19)15-5-3-2-4-6-15;3-2(4,5)1(6)7/h2-9,13,17,19,21H,10-12H2,1H3,(H,22,25);(H,6,7)/t17-,19+;/m1./s1. The monoisotopic (exact) mass is 448 g/mol. The zero-order valence-electron chi connectivity index (χ0n) is 17.3. The highest BCUT2D eigenvalue weighted by molar-refractivity contribution is 5.83. The maximum atomic E-state index is 12.5. The van der Waals surface area contributed by atoms with Crippen LogP contribution in [-0.2, 0) is 23.2 Å². The summed E-state index contributed by atoms with van der Waals surface area (Å²) in [6.07, 6.45) is -2.25. The predicted molar refractivity (Wildman–Crippen MR) is 112 cm³/mol. The number of halogens is 3. The Labute approximate surface area is 182 Å². The molecule has 32 heavy (non-hydrogen) atoms. The van der Waals surface area contributed by atoms with E-state index >= 15 is 0 Å². The van der Waals surface area contributed by atoms with Crippen LogP contribution in [0.25, 0.3) is 10.9 Å². The molecule has 0 radical (unpaired) electrons. The second-order valence-corrected chi connectivity index (χ2v) is 7.52. The number of nitrogens with one attached hydrogen (secondary N) is 2. The van der Waals surface area contributed by atoms with Gasteiger partial charge in [0.2, 0.25) is 5.91 Å². The van der Waals surface area contributed by atoms with Crippen LogP contribution >= 0.6 is 0 Å². The first-order valence-electron chi connectivity index (χ1n) is 9.92. The summed E-state index contributed by atoms with van der Waals surface area (Å²) in [5.41, 5.74) is 3.32. The number of carboxylic acid groups (broad SMARTS) is 1. The summed E-state index contributed by atoms with van der Waals surface area (Å²) >= 11 is 0. The number of alkyl halides is 3. The van der Waals surface area contributed by atoms with Crippen LogP contribution < -0.4 is 10.6 Å². The molecule has 2 aromatic carbocycles. The van der Waals surface area contributed by atoms with Gasteiger partial charge in [0.25, 0.3) is 0 Å². The van der Waals surface area contributed by atoms with Gasteiger partial charge in [-0.15, -0.1) is 0 Å². The molecule has 0 saturated carbocycles. The minimum absolute atomic E-state index is 0.0690. The van der Waals surface area contributed by atoms with Gasteiger partial charge in [-0.2, -0.15) is 18.3 Å². The Morgan fingerprint density at radius 3 is 2.56 bits per heavy atom. The molecule has 2 atom stereocenters. The topological polar surface area (TPSA) is 96.3 Å². The average Bonchev–Trinajstić information content (AvgIpc) is 3.38. The summed E-state index contributed by atoms with van der Waals surface area (Å²) in [5, 5.41) is 19.0. The Kier molecular flexibility index (Phi) is 7.14. The van der Waals surface area contributed by atoms with Crippen molar-refractivity contribution in [2.45, 2.75) is 31.1 Å². The number of benzene rings is 2. The van der Waals surface area contributed by atoms with E-state index in [1.807, 2.05) is 37.5 Å². The lowest BCUT2D eigenvalue weighted by atomic mass is 9.96. The van der Waals surface area contributed by atoms with E-state index in [4.69, 9.17) is 9.90 Å². The Hall–Kier alpha value is -3.40. The maximum absolute atomic E-state index is 12.5. The molecule has 1 saturated heterocycles. The van der Waals surface area contributed by atoms with Crippen LogP contribution in [0.15, 0.2) is 54.7 Å². The highest BCUT2D eigenvalue weighted by atomic mass is 19.4. The van der Waals surface area contributed by atoms with E-state index in [0.29, 0.717) is 12.5 Å². The highest BCUT2D eigenvalue weighted by Gasteiger charge is 2.38. The van der Waals surface area contributed by atoms with Crippen LogP contribution in [0.4, 0.5) is 13.2 Å². The molecule has 7 nitrogen and oxygen atoms in total. The van der Waals surface area contributed by atoms with Gasteiger partial charge >= 0.3 is 12.1 Å². The van der Waals surface area contributed by atoms with Crippen molar-refractivity contribution in [2.75, 3.05) is 6.54 Å². The fraction of sp³-hybridized carbons (Fsp3) is 0.318. The van der Waals surface area contributed by atoms with E-state index in [1.54, 1.807) is 4.68 Å². The molecule has 3 aromatic rings. The Morgan fingerprint density at radius 2 is 1.91 bits per heavy atom. The van der Waals surface area contributed by atoms with E-state index in [-0.39, 0.29) is 11.9 Å².